The van der Waals surface area contributed by atoms with Crippen molar-refractivity contribution in [2.45, 2.75) is 37.4 Å². The van der Waals surface area contributed by atoms with E-state index < -0.39 is 6.10 Å². The van der Waals surface area contributed by atoms with Gasteiger partial charge in [-0.2, -0.15) is 0 Å². The van der Waals surface area contributed by atoms with E-state index in [0.717, 1.165) is 17.2 Å². The average molecular weight is 266 g/mol. The quantitative estimate of drug-likeness (QED) is 0.886. The molecule has 1 aliphatic heterocycles. The number of aliphatic hydroxyl groups is 1. The van der Waals surface area contributed by atoms with Crippen LogP contribution in [0.5, 0.6) is 5.75 Å². The van der Waals surface area contributed by atoms with Crippen molar-refractivity contribution in [1.29, 1.82) is 0 Å². The van der Waals surface area contributed by atoms with Crippen LogP contribution in [0.2, 0.25) is 0 Å². The largest absolute Gasteiger partial charge is 0.485 e. The van der Waals surface area contributed by atoms with Crippen LogP contribution in [0, 0.1) is 0 Å². The van der Waals surface area contributed by atoms with Gasteiger partial charge in [0.2, 0.25) is 0 Å². The Balaban J connectivity index is 1.65. The van der Waals surface area contributed by atoms with Gasteiger partial charge >= 0.3 is 0 Å². The first-order valence-electron chi connectivity index (χ1n) is 7.35. The molecule has 0 aromatic heterocycles. The standard InChI is InChI=1S/C18H18O2/c19-16-11-18(20-17-7-2-1-6-15(16)17)14-5-3-4-13(10-14)12-8-9-12/h1-7,10,12,16,18-19H,8-9,11H2/t16-,18?/m0/s1. The van der Waals surface area contributed by atoms with Crippen LogP contribution in [0.15, 0.2) is 48.5 Å². The summed E-state index contributed by atoms with van der Waals surface area (Å²) in [6, 6.07) is 16.5. The molecular weight excluding hydrogens is 248 g/mol. The molecule has 4 rings (SSSR count). The number of benzene rings is 2. The molecule has 0 radical (unpaired) electrons. The van der Waals surface area contributed by atoms with E-state index in [1.807, 2.05) is 24.3 Å². The Morgan fingerprint density at radius 3 is 2.60 bits per heavy atom. The van der Waals surface area contributed by atoms with Crippen LogP contribution in [-0.2, 0) is 0 Å². The summed E-state index contributed by atoms with van der Waals surface area (Å²) in [5, 5.41) is 10.3. The van der Waals surface area contributed by atoms with Crippen molar-refractivity contribution in [1.82, 2.24) is 0 Å². The van der Waals surface area contributed by atoms with E-state index in [2.05, 4.69) is 24.3 Å². The summed E-state index contributed by atoms with van der Waals surface area (Å²) in [4.78, 5) is 0. The van der Waals surface area contributed by atoms with E-state index in [0.29, 0.717) is 6.42 Å². The zero-order valence-corrected chi connectivity index (χ0v) is 11.3. The first kappa shape index (κ1) is 12.0. The zero-order chi connectivity index (χ0) is 13.5. The van der Waals surface area contributed by atoms with Crippen LogP contribution >= 0.6 is 0 Å². The lowest BCUT2D eigenvalue weighted by Gasteiger charge is -2.30. The van der Waals surface area contributed by atoms with Crippen LogP contribution in [0.3, 0.4) is 0 Å². The van der Waals surface area contributed by atoms with Gasteiger partial charge in [0, 0.05) is 12.0 Å². The van der Waals surface area contributed by atoms with Crippen molar-refractivity contribution in [3.8, 4) is 5.75 Å². The lowest BCUT2D eigenvalue weighted by Crippen LogP contribution is -2.19. The minimum absolute atomic E-state index is 0.0430. The Hall–Kier alpha value is -1.80. The first-order valence-corrected chi connectivity index (χ1v) is 7.35. The normalized spacial score (nSPS) is 24.9. The summed E-state index contributed by atoms with van der Waals surface area (Å²) >= 11 is 0. The fourth-order valence-corrected chi connectivity index (χ4v) is 3.03. The highest BCUT2D eigenvalue weighted by molar-refractivity contribution is 5.39. The van der Waals surface area contributed by atoms with E-state index in [1.165, 1.54) is 24.0 Å². The smallest absolute Gasteiger partial charge is 0.127 e. The van der Waals surface area contributed by atoms with Crippen molar-refractivity contribution < 1.29 is 9.84 Å². The molecule has 2 heteroatoms. The van der Waals surface area contributed by atoms with Crippen molar-refractivity contribution in [3.63, 3.8) is 0 Å². The summed E-state index contributed by atoms with van der Waals surface area (Å²) in [6.45, 7) is 0. The number of rotatable bonds is 2. The Labute approximate surface area is 119 Å². The van der Waals surface area contributed by atoms with Crippen molar-refractivity contribution >= 4 is 0 Å². The third-order valence-corrected chi connectivity index (χ3v) is 4.32. The molecule has 1 fully saturated rings. The molecule has 1 saturated carbocycles. The van der Waals surface area contributed by atoms with Gasteiger partial charge in [-0.1, -0.05) is 42.5 Å². The maximum absolute atomic E-state index is 10.3. The molecule has 0 spiro atoms. The Morgan fingerprint density at radius 2 is 1.75 bits per heavy atom. The SMILES string of the molecule is O[C@H]1CC(c2cccc(C3CC3)c2)Oc2ccccc21. The zero-order valence-electron chi connectivity index (χ0n) is 11.3. The third kappa shape index (κ3) is 2.10. The molecule has 2 nitrogen and oxygen atoms in total. The van der Waals surface area contributed by atoms with Crippen molar-refractivity contribution in [2.24, 2.45) is 0 Å². The molecule has 0 bridgehead atoms. The lowest BCUT2D eigenvalue weighted by atomic mass is 9.94. The fraction of sp³-hybridized carbons (Fsp3) is 0.333. The van der Waals surface area contributed by atoms with E-state index in [4.69, 9.17) is 4.74 Å². The number of hydrogen-bond acceptors (Lipinski definition) is 2. The number of ether oxygens (including phenoxy) is 1. The summed E-state index contributed by atoms with van der Waals surface area (Å²) in [5.74, 6) is 1.56. The van der Waals surface area contributed by atoms with Gasteiger partial charge in [0.05, 0.1) is 6.10 Å². The summed E-state index contributed by atoms with van der Waals surface area (Å²) < 4.78 is 6.08. The summed E-state index contributed by atoms with van der Waals surface area (Å²) in [5.41, 5.74) is 3.50. The molecule has 0 amide bonds. The Bertz CT molecular complexity index is 631. The Morgan fingerprint density at radius 1 is 0.950 bits per heavy atom. The summed E-state index contributed by atoms with van der Waals surface area (Å²) in [7, 11) is 0. The summed E-state index contributed by atoms with van der Waals surface area (Å²) in [6.07, 6.45) is 2.76. The molecule has 1 unspecified atom stereocenters. The molecule has 102 valence electrons. The lowest BCUT2D eigenvalue weighted by molar-refractivity contribution is 0.0657. The van der Waals surface area contributed by atoms with Crippen LogP contribution in [0.1, 0.15) is 54.1 Å². The van der Waals surface area contributed by atoms with Gasteiger partial charge in [0.15, 0.2) is 0 Å². The minimum atomic E-state index is -0.436. The molecule has 1 N–H and O–H groups in total. The number of fused-ring (bicyclic) bond motifs is 1. The average Bonchev–Trinajstić information content (AvgIpc) is 3.32. The number of aliphatic hydroxyl groups excluding tert-OH is 1. The highest BCUT2D eigenvalue weighted by Crippen LogP contribution is 2.43. The second kappa shape index (κ2) is 4.64. The van der Waals surface area contributed by atoms with Crippen molar-refractivity contribution in [3.05, 3.63) is 65.2 Å². The van der Waals surface area contributed by atoms with Gasteiger partial charge in [-0.25, -0.2) is 0 Å². The van der Waals surface area contributed by atoms with Crippen LogP contribution in [0.4, 0.5) is 0 Å². The molecule has 0 saturated heterocycles. The predicted molar refractivity (Wildman–Crippen MR) is 77.8 cm³/mol. The van der Waals surface area contributed by atoms with Gasteiger partial charge in [-0.3, -0.25) is 0 Å². The van der Waals surface area contributed by atoms with E-state index >= 15 is 0 Å². The molecule has 20 heavy (non-hydrogen) atoms. The molecule has 2 aromatic rings. The second-order valence-corrected chi connectivity index (χ2v) is 5.84. The number of para-hydroxylation sites is 1. The van der Waals surface area contributed by atoms with Gasteiger partial charge < -0.3 is 9.84 Å². The highest BCUT2D eigenvalue weighted by Gasteiger charge is 2.29. The molecular formula is C18H18O2. The molecule has 1 aliphatic carbocycles. The van der Waals surface area contributed by atoms with Gasteiger partial charge in [-0.15, -0.1) is 0 Å². The first-order chi connectivity index (χ1) is 9.81. The maximum Gasteiger partial charge on any atom is 0.127 e. The van der Waals surface area contributed by atoms with Crippen molar-refractivity contribution in [2.75, 3.05) is 0 Å². The number of hydrogen-bond donors (Lipinski definition) is 1. The highest BCUT2D eigenvalue weighted by atomic mass is 16.5. The van der Waals surface area contributed by atoms with E-state index in [1.54, 1.807) is 0 Å². The maximum atomic E-state index is 10.3. The minimum Gasteiger partial charge on any atom is -0.485 e. The topological polar surface area (TPSA) is 29.5 Å². The van der Waals surface area contributed by atoms with E-state index in [9.17, 15) is 5.11 Å². The third-order valence-electron chi connectivity index (χ3n) is 4.32. The molecule has 2 aliphatic rings. The predicted octanol–water partition coefficient (Wildman–Crippen LogP) is 4.12. The second-order valence-electron chi connectivity index (χ2n) is 5.84. The van der Waals surface area contributed by atoms with Gasteiger partial charge in [0.25, 0.3) is 0 Å². The Kier molecular flexibility index (Phi) is 2.78. The van der Waals surface area contributed by atoms with E-state index in [-0.39, 0.29) is 6.10 Å². The van der Waals surface area contributed by atoms with Crippen LogP contribution in [-0.4, -0.2) is 5.11 Å². The van der Waals surface area contributed by atoms with Crippen LogP contribution in [0.25, 0.3) is 0 Å². The molecule has 1 heterocycles. The fourth-order valence-electron chi connectivity index (χ4n) is 3.03. The molecule has 2 atom stereocenters. The monoisotopic (exact) mass is 266 g/mol. The van der Waals surface area contributed by atoms with Gasteiger partial charge in [0.1, 0.15) is 11.9 Å². The van der Waals surface area contributed by atoms with Gasteiger partial charge in [-0.05, 0) is 36.0 Å². The molecule has 2 aromatic carbocycles. The van der Waals surface area contributed by atoms with Crippen LogP contribution < -0.4 is 4.74 Å².